The van der Waals surface area contributed by atoms with Gasteiger partial charge in [-0.05, 0) is 51.5 Å². The molecule has 0 fully saturated rings. The highest BCUT2D eigenvalue weighted by atomic mass is 16.5. The highest BCUT2D eigenvalue weighted by molar-refractivity contribution is 5.95. The molecule has 0 saturated carbocycles. The Labute approximate surface area is 170 Å². The summed E-state index contributed by atoms with van der Waals surface area (Å²) < 4.78 is 19.0. The number of aryl methyl sites for hydroxylation is 1. The maximum atomic E-state index is 12.8. The van der Waals surface area contributed by atoms with Crippen molar-refractivity contribution < 1.29 is 19.0 Å². The van der Waals surface area contributed by atoms with E-state index in [1.54, 1.807) is 12.1 Å². The van der Waals surface area contributed by atoms with Crippen LogP contribution in [-0.2, 0) is 6.54 Å². The molecule has 1 aromatic carbocycles. The molecule has 0 saturated heterocycles. The summed E-state index contributed by atoms with van der Waals surface area (Å²) in [7, 11) is 0. The third kappa shape index (κ3) is 4.62. The summed E-state index contributed by atoms with van der Waals surface area (Å²) in [5.74, 6) is 1.27. The number of carbonyl (C=O) groups is 1. The molecule has 7 heteroatoms. The van der Waals surface area contributed by atoms with Crippen LogP contribution in [0.15, 0.2) is 36.7 Å². The van der Waals surface area contributed by atoms with Gasteiger partial charge in [-0.1, -0.05) is 6.07 Å². The predicted octanol–water partition coefficient (Wildman–Crippen LogP) is 3.77. The summed E-state index contributed by atoms with van der Waals surface area (Å²) in [6.07, 6.45) is 3.86. The largest absolute Gasteiger partial charge is 0.490 e. The molecule has 0 atom stereocenters. The van der Waals surface area contributed by atoms with Gasteiger partial charge in [-0.25, -0.2) is 4.98 Å². The van der Waals surface area contributed by atoms with E-state index < -0.39 is 0 Å². The number of pyridine rings is 1. The maximum absolute atomic E-state index is 12.8. The standard InChI is InChI=1S/C22H27N3O4/c1-5-27-18-11-16(12-19(28-6-2)20(18)29-7-3)22(26)23-13-17-14-25-10-8-9-15(4)21(25)24-17/h8-12,14H,5-7,13H2,1-4H3,(H,23,26). The summed E-state index contributed by atoms with van der Waals surface area (Å²) in [5.41, 5.74) is 3.20. The number of carbonyl (C=O) groups excluding carboxylic acids is 1. The van der Waals surface area contributed by atoms with Crippen LogP contribution in [-0.4, -0.2) is 35.1 Å². The van der Waals surface area contributed by atoms with Crippen LogP contribution in [0.5, 0.6) is 17.2 Å². The minimum Gasteiger partial charge on any atom is -0.490 e. The van der Waals surface area contributed by atoms with E-state index in [0.29, 0.717) is 49.2 Å². The number of amides is 1. The molecule has 0 radical (unpaired) electrons. The molecule has 0 spiro atoms. The summed E-state index contributed by atoms with van der Waals surface area (Å²) in [6, 6.07) is 7.34. The molecular formula is C22H27N3O4. The van der Waals surface area contributed by atoms with E-state index in [9.17, 15) is 4.79 Å². The van der Waals surface area contributed by atoms with Crippen molar-refractivity contribution in [3.05, 3.63) is 53.5 Å². The van der Waals surface area contributed by atoms with E-state index in [-0.39, 0.29) is 5.91 Å². The quantitative estimate of drug-likeness (QED) is 0.595. The molecule has 1 N–H and O–H groups in total. The molecule has 3 aromatic rings. The van der Waals surface area contributed by atoms with Crippen molar-refractivity contribution >= 4 is 11.6 Å². The number of hydrogen-bond donors (Lipinski definition) is 1. The van der Waals surface area contributed by atoms with Crippen molar-refractivity contribution in [2.75, 3.05) is 19.8 Å². The SMILES string of the molecule is CCOc1cc(C(=O)NCc2cn3cccc(C)c3n2)cc(OCC)c1OCC. The zero-order chi connectivity index (χ0) is 20.8. The number of aromatic nitrogens is 2. The van der Waals surface area contributed by atoms with Crippen molar-refractivity contribution in [2.45, 2.75) is 34.2 Å². The molecule has 0 aliphatic carbocycles. The van der Waals surface area contributed by atoms with Gasteiger partial charge in [-0.3, -0.25) is 4.79 Å². The average molecular weight is 397 g/mol. The summed E-state index contributed by atoms with van der Waals surface area (Å²) in [6.45, 7) is 9.37. The second-order valence-corrected chi connectivity index (χ2v) is 6.44. The van der Waals surface area contributed by atoms with Crippen LogP contribution in [0.4, 0.5) is 0 Å². The highest BCUT2D eigenvalue weighted by Crippen LogP contribution is 2.39. The van der Waals surface area contributed by atoms with Crippen molar-refractivity contribution in [3.8, 4) is 17.2 Å². The van der Waals surface area contributed by atoms with Crippen molar-refractivity contribution in [2.24, 2.45) is 0 Å². The van der Waals surface area contributed by atoms with Gasteiger partial charge in [0.1, 0.15) is 5.65 Å². The van der Waals surface area contributed by atoms with E-state index in [1.807, 2.05) is 56.6 Å². The number of ether oxygens (including phenoxy) is 3. The van der Waals surface area contributed by atoms with Crippen LogP contribution in [0.1, 0.15) is 42.4 Å². The Kier molecular flexibility index (Phi) is 6.59. The molecule has 2 aromatic heterocycles. The van der Waals surface area contributed by atoms with E-state index in [1.165, 1.54) is 0 Å². The third-order valence-electron chi connectivity index (χ3n) is 4.33. The minimum absolute atomic E-state index is 0.233. The number of imidazole rings is 1. The normalized spacial score (nSPS) is 10.8. The fourth-order valence-corrected chi connectivity index (χ4v) is 3.08. The lowest BCUT2D eigenvalue weighted by Gasteiger charge is -2.17. The zero-order valence-electron chi connectivity index (χ0n) is 17.3. The molecular weight excluding hydrogens is 370 g/mol. The van der Waals surface area contributed by atoms with E-state index in [4.69, 9.17) is 14.2 Å². The molecule has 7 nitrogen and oxygen atoms in total. The van der Waals surface area contributed by atoms with Gasteiger partial charge in [-0.2, -0.15) is 0 Å². The van der Waals surface area contributed by atoms with Crippen LogP contribution >= 0.6 is 0 Å². The molecule has 1 amide bonds. The molecule has 0 unspecified atom stereocenters. The first-order valence-corrected chi connectivity index (χ1v) is 9.85. The van der Waals surface area contributed by atoms with Gasteiger partial charge in [0.25, 0.3) is 5.91 Å². The topological polar surface area (TPSA) is 74.1 Å². The first-order chi connectivity index (χ1) is 14.1. The maximum Gasteiger partial charge on any atom is 0.251 e. The second-order valence-electron chi connectivity index (χ2n) is 6.44. The number of hydrogen-bond acceptors (Lipinski definition) is 5. The van der Waals surface area contributed by atoms with Crippen molar-refractivity contribution in [3.63, 3.8) is 0 Å². The molecule has 3 rings (SSSR count). The first kappa shape index (κ1) is 20.5. The van der Waals surface area contributed by atoms with Gasteiger partial charge in [0.15, 0.2) is 11.5 Å². The lowest BCUT2D eigenvalue weighted by atomic mass is 10.1. The molecule has 2 heterocycles. The van der Waals surface area contributed by atoms with Crippen LogP contribution in [0.2, 0.25) is 0 Å². The third-order valence-corrected chi connectivity index (χ3v) is 4.33. The van der Waals surface area contributed by atoms with Crippen LogP contribution in [0, 0.1) is 6.92 Å². The lowest BCUT2D eigenvalue weighted by molar-refractivity contribution is 0.0949. The Hall–Kier alpha value is -3.22. The Morgan fingerprint density at radius 1 is 1.07 bits per heavy atom. The summed E-state index contributed by atoms with van der Waals surface area (Å²) >= 11 is 0. The van der Waals surface area contributed by atoms with Gasteiger partial charge >= 0.3 is 0 Å². The van der Waals surface area contributed by atoms with Crippen LogP contribution < -0.4 is 19.5 Å². The van der Waals surface area contributed by atoms with Gasteiger partial charge in [-0.15, -0.1) is 0 Å². The number of benzene rings is 1. The van der Waals surface area contributed by atoms with Gasteiger partial charge < -0.3 is 23.9 Å². The fraction of sp³-hybridized carbons (Fsp3) is 0.364. The number of nitrogens with zero attached hydrogens (tertiary/aromatic N) is 2. The summed E-state index contributed by atoms with van der Waals surface area (Å²) in [5, 5.41) is 2.92. The van der Waals surface area contributed by atoms with Gasteiger partial charge in [0, 0.05) is 18.0 Å². The fourth-order valence-electron chi connectivity index (χ4n) is 3.08. The van der Waals surface area contributed by atoms with E-state index in [0.717, 1.165) is 16.9 Å². The molecule has 154 valence electrons. The Bertz CT molecular complexity index is 970. The average Bonchev–Trinajstić information content (AvgIpc) is 3.13. The van der Waals surface area contributed by atoms with Gasteiger partial charge in [0.2, 0.25) is 5.75 Å². The first-order valence-electron chi connectivity index (χ1n) is 9.85. The summed E-state index contributed by atoms with van der Waals surface area (Å²) in [4.78, 5) is 17.4. The molecule has 0 aliphatic rings. The van der Waals surface area contributed by atoms with Crippen molar-refractivity contribution in [1.29, 1.82) is 0 Å². The van der Waals surface area contributed by atoms with Crippen LogP contribution in [0.3, 0.4) is 0 Å². The predicted molar refractivity (Wildman–Crippen MR) is 111 cm³/mol. The van der Waals surface area contributed by atoms with E-state index in [2.05, 4.69) is 10.3 Å². The van der Waals surface area contributed by atoms with Crippen LogP contribution in [0.25, 0.3) is 5.65 Å². The minimum atomic E-state index is -0.233. The second kappa shape index (κ2) is 9.32. The highest BCUT2D eigenvalue weighted by Gasteiger charge is 2.18. The number of fused-ring (bicyclic) bond motifs is 1. The number of nitrogens with one attached hydrogen (secondary N) is 1. The molecule has 0 aliphatic heterocycles. The smallest absolute Gasteiger partial charge is 0.251 e. The Morgan fingerprint density at radius 2 is 1.72 bits per heavy atom. The molecule has 0 bridgehead atoms. The zero-order valence-corrected chi connectivity index (χ0v) is 17.3. The Balaban J connectivity index is 1.82. The Morgan fingerprint density at radius 3 is 2.31 bits per heavy atom. The molecule has 29 heavy (non-hydrogen) atoms. The van der Waals surface area contributed by atoms with E-state index >= 15 is 0 Å². The monoisotopic (exact) mass is 397 g/mol. The van der Waals surface area contributed by atoms with Crippen molar-refractivity contribution in [1.82, 2.24) is 14.7 Å². The van der Waals surface area contributed by atoms with Gasteiger partial charge in [0.05, 0.1) is 32.1 Å². The lowest BCUT2D eigenvalue weighted by Crippen LogP contribution is -2.23. The number of rotatable bonds is 9.